The Balaban J connectivity index is 2.24. The van der Waals surface area contributed by atoms with E-state index < -0.39 is 6.04 Å². The number of nitrogens with zero attached hydrogens (tertiary/aromatic N) is 1. The van der Waals surface area contributed by atoms with Crippen LogP contribution in [0.5, 0.6) is 0 Å². The predicted molar refractivity (Wildman–Crippen MR) is 103 cm³/mol. The molecule has 0 aliphatic heterocycles. The fraction of sp³-hybridized carbons (Fsp3) is 0.524. The van der Waals surface area contributed by atoms with Gasteiger partial charge >= 0.3 is 0 Å². The molecule has 0 aliphatic carbocycles. The Kier molecular flexibility index (Phi) is 10.3. The number of carbonyl (C=O) groups excluding carboxylic acids is 2. The van der Waals surface area contributed by atoms with Crippen LogP contribution < -0.4 is 5.32 Å². The lowest BCUT2D eigenvalue weighted by atomic mass is 10.1. The predicted octanol–water partition coefficient (Wildman–Crippen LogP) is 4.07. The molecule has 0 spiro atoms. The highest BCUT2D eigenvalue weighted by Gasteiger charge is 2.21. The Morgan fingerprint density at radius 2 is 1.76 bits per heavy atom. The van der Waals surface area contributed by atoms with Crippen LogP contribution in [0.3, 0.4) is 0 Å². The van der Waals surface area contributed by atoms with Gasteiger partial charge in [0.1, 0.15) is 6.04 Å². The third kappa shape index (κ3) is 8.52. The van der Waals surface area contributed by atoms with Crippen molar-refractivity contribution in [1.82, 2.24) is 10.2 Å². The monoisotopic (exact) mass is 344 g/mol. The zero-order valence-corrected chi connectivity index (χ0v) is 15.7. The van der Waals surface area contributed by atoms with Crippen LogP contribution in [-0.2, 0) is 16.1 Å². The van der Waals surface area contributed by atoms with Gasteiger partial charge in [0.15, 0.2) is 0 Å². The maximum atomic E-state index is 12.2. The number of hydrogen-bond acceptors (Lipinski definition) is 2. The number of carbonyl (C=O) groups is 2. The topological polar surface area (TPSA) is 49.4 Å². The molecule has 1 aromatic carbocycles. The number of benzene rings is 1. The summed E-state index contributed by atoms with van der Waals surface area (Å²) >= 11 is 0. The summed E-state index contributed by atoms with van der Waals surface area (Å²) in [6.45, 7) is 5.97. The lowest BCUT2D eigenvalue weighted by molar-refractivity contribution is -0.138. The van der Waals surface area contributed by atoms with Gasteiger partial charge in [0.05, 0.1) is 0 Å². The van der Waals surface area contributed by atoms with Crippen LogP contribution in [0.25, 0.3) is 0 Å². The van der Waals surface area contributed by atoms with Gasteiger partial charge in [-0.3, -0.25) is 9.59 Å². The van der Waals surface area contributed by atoms with E-state index in [2.05, 4.69) is 11.9 Å². The molecule has 4 nitrogen and oxygen atoms in total. The molecular formula is C21H32N2O2. The van der Waals surface area contributed by atoms with Crippen molar-refractivity contribution in [3.8, 4) is 0 Å². The highest BCUT2D eigenvalue weighted by molar-refractivity contribution is 5.87. The molecule has 138 valence electrons. The lowest BCUT2D eigenvalue weighted by Gasteiger charge is -2.24. The van der Waals surface area contributed by atoms with Crippen LogP contribution in [0.15, 0.2) is 43.0 Å². The maximum absolute atomic E-state index is 12.2. The quantitative estimate of drug-likeness (QED) is 0.459. The molecule has 0 bridgehead atoms. The number of unbranched alkanes of at least 4 members (excludes halogenated alkanes) is 5. The SMILES string of the molecule is C=CCCCCCCCC(=O)N(C)[C@@H](C)C(=O)NCc1ccccc1. The van der Waals surface area contributed by atoms with Gasteiger partial charge in [0.25, 0.3) is 0 Å². The molecule has 0 aromatic heterocycles. The average molecular weight is 344 g/mol. The van der Waals surface area contributed by atoms with E-state index in [1.807, 2.05) is 36.4 Å². The molecule has 4 heteroatoms. The third-order valence-corrected chi connectivity index (χ3v) is 4.46. The Bertz CT molecular complexity index is 528. The summed E-state index contributed by atoms with van der Waals surface area (Å²) in [5, 5.41) is 2.89. The second-order valence-corrected chi connectivity index (χ2v) is 6.48. The summed E-state index contributed by atoms with van der Waals surface area (Å²) in [6, 6.07) is 9.31. The van der Waals surface area contributed by atoms with Crippen LogP contribution >= 0.6 is 0 Å². The fourth-order valence-electron chi connectivity index (χ4n) is 2.60. The first-order valence-corrected chi connectivity index (χ1v) is 9.24. The molecular weight excluding hydrogens is 312 g/mol. The van der Waals surface area contributed by atoms with Crippen molar-refractivity contribution in [1.29, 1.82) is 0 Å². The van der Waals surface area contributed by atoms with Crippen molar-refractivity contribution in [2.45, 2.75) is 64.5 Å². The number of nitrogens with one attached hydrogen (secondary N) is 1. The van der Waals surface area contributed by atoms with E-state index in [1.54, 1.807) is 18.9 Å². The zero-order chi connectivity index (χ0) is 18.5. The molecule has 1 N–H and O–H groups in total. The van der Waals surface area contributed by atoms with E-state index in [4.69, 9.17) is 0 Å². The van der Waals surface area contributed by atoms with Gasteiger partial charge in [0, 0.05) is 20.0 Å². The van der Waals surface area contributed by atoms with Crippen molar-refractivity contribution in [2.75, 3.05) is 7.05 Å². The highest BCUT2D eigenvalue weighted by atomic mass is 16.2. The lowest BCUT2D eigenvalue weighted by Crippen LogP contribution is -2.45. The molecule has 0 saturated carbocycles. The summed E-state index contributed by atoms with van der Waals surface area (Å²) in [5.41, 5.74) is 1.05. The first-order chi connectivity index (χ1) is 12.1. The number of amides is 2. The van der Waals surface area contributed by atoms with E-state index in [-0.39, 0.29) is 11.8 Å². The average Bonchev–Trinajstić information content (AvgIpc) is 2.64. The van der Waals surface area contributed by atoms with Gasteiger partial charge in [-0.1, -0.05) is 55.7 Å². The zero-order valence-electron chi connectivity index (χ0n) is 15.7. The van der Waals surface area contributed by atoms with Crippen LogP contribution in [0.4, 0.5) is 0 Å². The molecule has 2 amide bonds. The van der Waals surface area contributed by atoms with Gasteiger partial charge in [-0.2, -0.15) is 0 Å². The second kappa shape index (κ2) is 12.3. The van der Waals surface area contributed by atoms with Crippen LogP contribution in [0.1, 0.15) is 57.4 Å². The normalized spacial score (nSPS) is 11.6. The van der Waals surface area contributed by atoms with Crippen molar-refractivity contribution in [3.63, 3.8) is 0 Å². The van der Waals surface area contributed by atoms with E-state index in [0.717, 1.165) is 31.2 Å². The summed E-state index contributed by atoms with van der Waals surface area (Å²) in [4.78, 5) is 26.0. The van der Waals surface area contributed by atoms with Crippen molar-refractivity contribution < 1.29 is 9.59 Å². The van der Waals surface area contributed by atoms with Crippen molar-refractivity contribution >= 4 is 11.8 Å². The van der Waals surface area contributed by atoms with Crippen molar-refractivity contribution in [2.24, 2.45) is 0 Å². The van der Waals surface area contributed by atoms with Gasteiger partial charge in [-0.05, 0) is 31.7 Å². The summed E-state index contributed by atoms with van der Waals surface area (Å²) < 4.78 is 0. The second-order valence-electron chi connectivity index (χ2n) is 6.48. The molecule has 0 unspecified atom stereocenters. The minimum atomic E-state index is -0.455. The molecule has 0 fully saturated rings. The highest BCUT2D eigenvalue weighted by Crippen LogP contribution is 2.09. The van der Waals surface area contributed by atoms with Gasteiger partial charge in [-0.15, -0.1) is 6.58 Å². The minimum Gasteiger partial charge on any atom is -0.350 e. The maximum Gasteiger partial charge on any atom is 0.242 e. The molecule has 1 aromatic rings. The third-order valence-electron chi connectivity index (χ3n) is 4.46. The molecule has 1 atom stereocenters. The Morgan fingerprint density at radius 1 is 1.12 bits per heavy atom. The molecule has 0 radical (unpaired) electrons. The first kappa shape index (κ1) is 20.9. The van der Waals surface area contributed by atoms with Gasteiger partial charge in [-0.25, -0.2) is 0 Å². The van der Waals surface area contributed by atoms with E-state index >= 15 is 0 Å². The Hall–Kier alpha value is -2.10. The molecule has 25 heavy (non-hydrogen) atoms. The van der Waals surface area contributed by atoms with Crippen LogP contribution in [0, 0.1) is 0 Å². The van der Waals surface area contributed by atoms with Gasteiger partial charge in [0.2, 0.25) is 11.8 Å². The Labute approximate surface area is 152 Å². The summed E-state index contributed by atoms with van der Waals surface area (Å²) in [5.74, 6) is -0.0856. The summed E-state index contributed by atoms with van der Waals surface area (Å²) in [6.07, 6.45) is 8.98. The number of allylic oxidation sites excluding steroid dienone is 1. The molecule has 1 rings (SSSR count). The number of likely N-dealkylation sites (N-methyl/N-ethyl adjacent to an activating group) is 1. The standard InChI is InChI=1S/C21H32N2O2/c1-4-5-6-7-8-9-13-16-20(24)23(3)18(2)21(25)22-17-19-14-11-10-12-15-19/h4,10-12,14-15,18H,1,5-9,13,16-17H2,2-3H3,(H,22,25)/t18-/m0/s1. The Morgan fingerprint density at radius 3 is 2.44 bits per heavy atom. The number of hydrogen-bond donors (Lipinski definition) is 1. The molecule has 0 aliphatic rings. The fourth-order valence-corrected chi connectivity index (χ4v) is 2.60. The van der Waals surface area contributed by atoms with Crippen LogP contribution in [0.2, 0.25) is 0 Å². The van der Waals surface area contributed by atoms with Gasteiger partial charge < -0.3 is 10.2 Å². The summed E-state index contributed by atoms with van der Waals surface area (Å²) in [7, 11) is 1.71. The molecule has 0 heterocycles. The first-order valence-electron chi connectivity index (χ1n) is 9.24. The number of rotatable bonds is 12. The minimum absolute atomic E-state index is 0.0356. The van der Waals surface area contributed by atoms with Crippen molar-refractivity contribution in [3.05, 3.63) is 48.6 Å². The molecule has 0 saturated heterocycles. The van der Waals surface area contributed by atoms with E-state index in [9.17, 15) is 9.59 Å². The van der Waals surface area contributed by atoms with E-state index in [0.29, 0.717) is 13.0 Å². The smallest absolute Gasteiger partial charge is 0.242 e. The van der Waals surface area contributed by atoms with Crippen LogP contribution in [-0.4, -0.2) is 29.8 Å². The largest absolute Gasteiger partial charge is 0.350 e. The van der Waals surface area contributed by atoms with E-state index in [1.165, 1.54) is 12.8 Å².